The van der Waals surface area contributed by atoms with Crippen LogP contribution in [0.4, 0.5) is 0 Å². The zero-order valence-electron chi connectivity index (χ0n) is 15.4. The van der Waals surface area contributed by atoms with E-state index in [1.54, 1.807) is 0 Å². The molecule has 1 aromatic carbocycles. The summed E-state index contributed by atoms with van der Waals surface area (Å²) in [5.74, 6) is 0.256. The van der Waals surface area contributed by atoms with Gasteiger partial charge >= 0.3 is 0 Å². The van der Waals surface area contributed by atoms with Crippen molar-refractivity contribution in [3.8, 4) is 0 Å². The van der Waals surface area contributed by atoms with Crippen LogP contribution in [-0.4, -0.2) is 48.4 Å². The number of halogens is 2. The summed E-state index contributed by atoms with van der Waals surface area (Å²) in [5, 5.41) is 0. The number of rotatable bonds is 6. The molecule has 0 radical (unpaired) electrons. The van der Waals surface area contributed by atoms with Crippen molar-refractivity contribution in [2.75, 3.05) is 32.7 Å². The fraction of sp³-hybridized carbons (Fsp3) is 0.632. The molecular weight excluding hydrogens is 357 g/mol. The third kappa shape index (κ3) is 6.14. The summed E-state index contributed by atoms with van der Waals surface area (Å²) in [6.45, 7) is 9.22. The fourth-order valence-electron chi connectivity index (χ4n) is 3.44. The Morgan fingerprint density at radius 3 is 2.24 bits per heavy atom. The normalized spacial score (nSPS) is 15.7. The molecule has 1 fully saturated rings. The molecule has 1 saturated heterocycles. The van der Waals surface area contributed by atoms with Gasteiger partial charge < -0.3 is 10.6 Å². The molecule has 4 nitrogen and oxygen atoms in total. The van der Waals surface area contributed by atoms with Crippen molar-refractivity contribution in [2.24, 2.45) is 11.1 Å². The van der Waals surface area contributed by atoms with Gasteiger partial charge in [-0.3, -0.25) is 9.69 Å². The molecule has 1 aliphatic rings. The lowest BCUT2D eigenvalue weighted by Gasteiger charge is -2.34. The minimum absolute atomic E-state index is 0. The van der Waals surface area contributed by atoms with Crippen LogP contribution in [0.3, 0.4) is 0 Å². The Morgan fingerprint density at radius 2 is 1.68 bits per heavy atom. The molecule has 25 heavy (non-hydrogen) atoms. The van der Waals surface area contributed by atoms with Crippen LogP contribution >= 0.6 is 24.8 Å². The Bertz CT molecular complexity index is 486. The highest BCUT2D eigenvalue weighted by Crippen LogP contribution is 2.28. The highest BCUT2D eigenvalue weighted by molar-refractivity contribution is 5.85. The van der Waals surface area contributed by atoms with E-state index in [2.05, 4.69) is 43.0 Å². The number of carbonyl (C=O) groups is 1. The lowest BCUT2D eigenvalue weighted by atomic mass is 9.81. The van der Waals surface area contributed by atoms with E-state index in [4.69, 9.17) is 5.73 Å². The molecule has 0 saturated carbocycles. The number of carbonyl (C=O) groups excluding carboxylic acids is 1. The van der Waals surface area contributed by atoms with Gasteiger partial charge in [-0.2, -0.15) is 0 Å². The van der Waals surface area contributed by atoms with Crippen LogP contribution in [0.15, 0.2) is 30.3 Å². The zero-order chi connectivity index (χ0) is 16.7. The van der Waals surface area contributed by atoms with Crippen molar-refractivity contribution in [3.63, 3.8) is 0 Å². The zero-order valence-corrected chi connectivity index (χ0v) is 17.1. The van der Waals surface area contributed by atoms with Gasteiger partial charge in [0.05, 0.1) is 5.41 Å². The first-order valence-corrected chi connectivity index (χ1v) is 8.91. The molecule has 0 atom stereocenters. The third-order valence-electron chi connectivity index (χ3n) is 5.32. The number of benzene rings is 1. The molecule has 1 amide bonds. The van der Waals surface area contributed by atoms with E-state index in [9.17, 15) is 4.79 Å². The fourth-order valence-corrected chi connectivity index (χ4v) is 3.44. The van der Waals surface area contributed by atoms with Gasteiger partial charge in [0.25, 0.3) is 0 Å². The predicted octanol–water partition coefficient (Wildman–Crippen LogP) is 3.33. The summed E-state index contributed by atoms with van der Waals surface area (Å²) in [6.07, 6.45) is 2.68. The minimum atomic E-state index is -0.366. The molecule has 1 heterocycles. The molecule has 1 aliphatic heterocycles. The lowest BCUT2D eigenvalue weighted by Crippen LogP contribution is -2.48. The summed E-state index contributed by atoms with van der Waals surface area (Å²) in [6, 6.07) is 10.6. The second-order valence-corrected chi connectivity index (χ2v) is 6.60. The number of nitrogens with two attached hydrogens (primary N) is 1. The van der Waals surface area contributed by atoms with Gasteiger partial charge in [-0.1, -0.05) is 44.2 Å². The van der Waals surface area contributed by atoms with Gasteiger partial charge in [0.2, 0.25) is 5.91 Å². The van der Waals surface area contributed by atoms with Crippen molar-refractivity contribution in [3.05, 3.63) is 35.9 Å². The van der Waals surface area contributed by atoms with Crippen molar-refractivity contribution in [1.82, 2.24) is 9.80 Å². The minimum Gasteiger partial charge on any atom is -0.341 e. The summed E-state index contributed by atoms with van der Waals surface area (Å²) in [7, 11) is 0. The Labute approximate surface area is 164 Å². The summed E-state index contributed by atoms with van der Waals surface area (Å²) in [5.41, 5.74) is 6.92. The Hall–Kier alpha value is -0.810. The SMILES string of the molecule is CCC(CC)(CN)C(=O)N1CCCN(Cc2ccccc2)CC1.Cl.Cl. The van der Waals surface area contributed by atoms with E-state index in [1.807, 2.05) is 11.0 Å². The van der Waals surface area contributed by atoms with Crippen LogP contribution in [0.2, 0.25) is 0 Å². The highest BCUT2D eigenvalue weighted by atomic mass is 35.5. The van der Waals surface area contributed by atoms with Crippen LogP contribution in [-0.2, 0) is 11.3 Å². The van der Waals surface area contributed by atoms with Crippen molar-refractivity contribution in [1.29, 1.82) is 0 Å². The van der Waals surface area contributed by atoms with E-state index in [0.29, 0.717) is 6.54 Å². The summed E-state index contributed by atoms with van der Waals surface area (Å²) < 4.78 is 0. The summed E-state index contributed by atoms with van der Waals surface area (Å²) in [4.78, 5) is 17.5. The van der Waals surface area contributed by atoms with E-state index >= 15 is 0 Å². The first-order chi connectivity index (χ1) is 11.1. The number of hydrogen-bond acceptors (Lipinski definition) is 3. The predicted molar refractivity (Wildman–Crippen MR) is 109 cm³/mol. The molecular formula is C19H33Cl2N3O. The Balaban J connectivity index is 0.00000288. The second kappa shape index (κ2) is 11.7. The molecule has 6 heteroatoms. The van der Waals surface area contributed by atoms with Crippen molar-refractivity contribution >= 4 is 30.7 Å². The van der Waals surface area contributed by atoms with Crippen LogP contribution < -0.4 is 5.73 Å². The van der Waals surface area contributed by atoms with E-state index in [1.165, 1.54) is 5.56 Å². The molecule has 0 aromatic heterocycles. The first kappa shape index (κ1) is 24.2. The third-order valence-corrected chi connectivity index (χ3v) is 5.32. The molecule has 0 bridgehead atoms. The largest absolute Gasteiger partial charge is 0.341 e. The molecule has 2 N–H and O–H groups in total. The van der Waals surface area contributed by atoms with Crippen LogP contribution in [0.25, 0.3) is 0 Å². The van der Waals surface area contributed by atoms with Gasteiger partial charge in [-0.15, -0.1) is 24.8 Å². The molecule has 1 aromatic rings. The van der Waals surface area contributed by atoms with Crippen LogP contribution in [0, 0.1) is 5.41 Å². The molecule has 0 unspecified atom stereocenters. The maximum atomic E-state index is 13.0. The number of amides is 1. The van der Waals surface area contributed by atoms with Gasteiger partial charge in [0.15, 0.2) is 0 Å². The maximum Gasteiger partial charge on any atom is 0.230 e. The Kier molecular flexibility index (Phi) is 11.4. The second-order valence-electron chi connectivity index (χ2n) is 6.60. The molecule has 2 rings (SSSR count). The first-order valence-electron chi connectivity index (χ1n) is 8.91. The monoisotopic (exact) mass is 389 g/mol. The molecule has 144 valence electrons. The van der Waals surface area contributed by atoms with Gasteiger partial charge in [-0.25, -0.2) is 0 Å². The quantitative estimate of drug-likeness (QED) is 0.811. The Morgan fingerprint density at radius 1 is 1.04 bits per heavy atom. The topological polar surface area (TPSA) is 49.6 Å². The molecule has 0 aliphatic carbocycles. The van der Waals surface area contributed by atoms with E-state index in [-0.39, 0.29) is 36.1 Å². The van der Waals surface area contributed by atoms with E-state index in [0.717, 1.165) is 52.0 Å². The van der Waals surface area contributed by atoms with Gasteiger partial charge in [0, 0.05) is 39.3 Å². The van der Waals surface area contributed by atoms with E-state index < -0.39 is 0 Å². The van der Waals surface area contributed by atoms with Gasteiger partial charge in [0.1, 0.15) is 0 Å². The van der Waals surface area contributed by atoms with Crippen LogP contribution in [0.5, 0.6) is 0 Å². The highest BCUT2D eigenvalue weighted by Gasteiger charge is 2.37. The average Bonchev–Trinajstić information content (AvgIpc) is 2.83. The summed E-state index contributed by atoms with van der Waals surface area (Å²) >= 11 is 0. The average molecular weight is 390 g/mol. The maximum absolute atomic E-state index is 13.0. The number of nitrogens with zero attached hydrogens (tertiary/aromatic N) is 2. The molecule has 0 spiro atoms. The van der Waals surface area contributed by atoms with Crippen LogP contribution in [0.1, 0.15) is 38.7 Å². The van der Waals surface area contributed by atoms with Gasteiger partial charge in [-0.05, 0) is 24.8 Å². The van der Waals surface area contributed by atoms with Crippen molar-refractivity contribution in [2.45, 2.75) is 39.7 Å². The van der Waals surface area contributed by atoms with Crippen molar-refractivity contribution < 1.29 is 4.79 Å². The standard InChI is InChI=1S/C19H31N3O.2ClH/c1-3-19(4-2,16-20)18(23)22-12-8-11-21(13-14-22)15-17-9-6-5-7-10-17;;/h5-7,9-10H,3-4,8,11-16,20H2,1-2H3;2*1H. The smallest absolute Gasteiger partial charge is 0.230 e. The lowest BCUT2D eigenvalue weighted by molar-refractivity contribution is -0.142. The number of hydrogen-bond donors (Lipinski definition) is 1.